The van der Waals surface area contributed by atoms with Crippen LogP contribution in [0, 0.1) is 16.0 Å². The predicted molar refractivity (Wildman–Crippen MR) is 107 cm³/mol. The quantitative estimate of drug-likeness (QED) is 0.502. The van der Waals surface area contributed by atoms with E-state index in [1.54, 1.807) is 12.3 Å². The average Bonchev–Trinajstić information content (AvgIpc) is 3.14. The molecule has 1 aromatic heterocycles. The molecule has 1 atom stereocenters. The molecule has 0 bridgehead atoms. The molecule has 2 N–H and O–H groups in total. The van der Waals surface area contributed by atoms with Gasteiger partial charge in [-0.15, -0.1) is 0 Å². The topological polar surface area (TPSA) is 106 Å². The molecule has 0 saturated carbocycles. The highest BCUT2D eigenvalue weighted by atomic mass is 16.6. The van der Waals surface area contributed by atoms with Crippen LogP contribution in [0.15, 0.2) is 42.6 Å². The Bertz CT molecular complexity index is 1090. The third kappa shape index (κ3) is 3.61. The van der Waals surface area contributed by atoms with Crippen LogP contribution in [0.5, 0.6) is 11.5 Å². The Kier molecular flexibility index (Phi) is 4.84. The third-order valence-corrected chi connectivity index (χ3v) is 5.00. The molecule has 1 unspecified atom stereocenters. The summed E-state index contributed by atoms with van der Waals surface area (Å²) < 4.78 is 11.2. The van der Waals surface area contributed by atoms with Gasteiger partial charge in [0.05, 0.1) is 16.5 Å². The molecule has 1 amide bonds. The van der Waals surface area contributed by atoms with Crippen LogP contribution < -0.4 is 14.8 Å². The SMILES string of the molecule is CC(C)C(NC(=O)c1c[nH]c2ccc([N+](=O)[O-])cc12)c1ccc2c(c1)OCCO2. The molecule has 2 heterocycles. The standard InChI is InChI=1S/C21H21N3O5/c1-12(2)20(13-3-6-18-19(9-13)29-8-7-28-18)23-21(25)16-11-22-17-5-4-14(24(26)27)10-15(16)17/h3-6,9-12,20,22H,7-8H2,1-2H3,(H,23,25). The van der Waals surface area contributed by atoms with E-state index in [-0.39, 0.29) is 23.6 Å². The molecule has 0 spiro atoms. The highest BCUT2D eigenvalue weighted by Gasteiger charge is 2.23. The van der Waals surface area contributed by atoms with Crippen molar-refractivity contribution in [2.75, 3.05) is 13.2 Å². The van der Waals surface area contributed by atoms with E-state index in [2.05, 4.69) is 10.3 Å². The van der Waals surface area contributed by atoms with Crippen LogP contribution in [0.2, 0.25) is 0 Å². The number of amides is 1. The summed E-state index contributed by atoms with van der Waals surface area (Å²) in [4.78, 5) is 26.6. The van der Waals surface area contributed by atoms with Crippen molar-refractivity contribution in [2.45, 2.75) is 19.9 Å². The first kappa shape index (κ1) is 18.8. The molecule has 0 aliphatic carbocycles. The van der Waals surface area contributed by atoms with E-state index in [0.29, 0.717) is 41.2 Å². The molecule has 8 nitrogen and oxygen atoms in total. The fourth-order valence-corrected chi connectivity index (χ4v) is 3.52. The lowest BCUT2D eigenvalue weighted by molar-refractivity contribution is -0.384. The molecule has 0 fully saturated rings. The number of hydrogen-bond acceptors (Lipinski definition) is 5. The summed E-state index contributed by atoms with van der Waals surface area (Å²) in [7, 11) is 0. The van der Waals surface area contributed by atoms with Crippen molar-refractivity contribution in [1.29, 1.82) is 0 Å². The van der Waals surface area contributed by atoms with E-state index in [4.69, 9.17) is 9.47 Å². The van der Waals surface area contributed by atoms with Crippen LogP contribution in [-0.4, -0.2) is 29.0 Å². The number of ether oxygens (including phenoxy) is 2. The van der Waals surface area contributed by atoms with E-state index in [0.717, 1.165) is 5.56 Å². The van der Waals surface area contributed by atoms with Gasteiger partial charge in [0.25, 0.3) is 11.6 Å². The number of non-ortho nitro benzene ring substituents is 1. The average molecular weight is 395 g/mol. The second-order valence-corrected chi connectivity index (χ2v) is 7.29. The molecule has 1 aliphatic rings. The van der Waals surface area contributed by atoms with Gasteiger partial charge in [-0.2, -0.15) is 0 Å². The number of nitrogens with zero attached hydrogens (tertiary/aromatic N) is 1. The zero-order valence-electron chi connectivity index (χ0n) is 16.1. The second kappa shape index (κ2) is 7.46. The molecule has 3 aromatic rings. The Labute approximate surface area is 167 Å². The van der Waals surface area contributed by atoms with Gasteiger partial charge in [0.15, 0.2) is 11.5 Å². The summed E-state index contributed by atoms with van der Waals surface area (Å²) in [5.74, 6) is 1.17. The molecule has 8 heteroatoms. The Hall–Kier alpha value is -3.55. The Balaban J connectivity index is 1.64. The number of nitrogens with one attached hydrogen (secondary N) is 2. The van der Waals surface area contributed by atoms with Gasteiger partial charge in [0, 0.05) is 29.2 Å². The number of rotatable bonds is 5. The molecule has 0 radical (unpaired) electrons. The van der Waals surface area contributed by atoms with Gasteiger partial charge in [-0.3, -0.25) is 14.9 Å². The number of hydrogen-bond donors (Lipinski definition) is 2. The molecule has 150 valence electrons. The van der Waals surface area contributed by atoms with Crippen LogP contribution >= 0.6 is 0 Å². The third-order valence-electron chi connectivity index (χ3n) is 5.00. The van der Waals surface area contributed by atoms with E-state index in [9.17, 15) is 14.9 Å². The number of carbonyl (C=O) groups excluding carboxylic acids is 1. The summed E-state index contributed by atoms with van der Waals surface area (Å²) in [6, 6.07) is 9.81. The number of aromatic nitrogens is 1. The normalized spacial score (nSPS) is 14.0. The van der Waals surface area contributed by atoms with Crippen LogP contribution in [0.4, 0.5) is 5.69 Å². The van der Waals surface area contributed by atoms with Crippen molar-refractivity contribution >= 4 is 22.5 Å². The van der Waals surface area contributed by atoms with Crippen molar-refractivity contribution in [3.63, 3.8) is 0 Å². The summed E-state index contributed by atoms with van der Waals surface area (Å²) >= 11 is 0. The largest absolute Gasteiger partial charge is 0.486 e. The Morgan fingerprint density at radius 1 is 1.14 bits per heavy atom. The molecule has 1 aliphatic heterocycles. The number of benzene rings is 2. The molecule has 2 aromatic carbocycles. The zero-order chi connectivity index (χ0) is 20.5. The lowest BCUT2D eigenvalue weighted by atomic mass is 9.95. The van der Waals surface area contributed by atoms with Crippen LogP contribution in [0.3, 0.4) is 0 Å². The molecular weight excluding hydrogens is 374 g/mol. The predicted octanol–water partition coefficient (Wildman–Crippen LogP) is 3.97. The van der Waals surface area contributed by atoms with Gasteiger partial charge < -0.3 is 19.8 Å². The zero-order valence-corrected chi connectivity index (χ0v) is 16.1. The first-order valence-corrected chi connectivity index (χ1v) is 9.40. The number of nitro groups is 1. The molecular formula is C21H21N3O5. The lowest BCUT2D eigenvalue weighted by Gasteiger charge is -2.25. The first-order valence-electron chi connectivity index (χ1n) is 9.40. The highest BCUT2D eigenvalue weighted by Crippen LogP contribution is 2.34. The molecule has 29 heavy (non-hydrogen) atoms. The summed E-state index contributed by atoms with van der Waals surface area (Å²) in [5, 5.41) is 14.7. The van der Waals surface area contributed by atoms with Gasteiger partial charge in [-0.25, -0.2) is 0 Å². The van der Waals surface area contributed by atoms with Crippen LogP contribution in [0.25, 0.3) is 10.9 Å². The molecule has 4 rings (SSSR count). The monoisotopic (exact) mass is 395 g/mol. The van der Waals surface area contributed by atoms with Gasteiger partial charge in [-0.1, -0.05) is 19.9 Å². The minimum Gasteiger partial charge on any atom is -0.486 e. The summed E-state index contributed by atoms with van der Waals surface area (Å²) in [5.41, 5.74) is 1.88. The van der Waals surface area contributed by atoms with Crippen LogP contribution in [-0.2, 0) is 0 Å². The maximum absolute atomic E-state index is 13.0. The van der Waals surface area contributed by atoms with Crippen molar-refractivity contribution in [3.8, 4) is 11.5 Å². The summed E-state index contributed by atoms with van der Waals surface area (Å²) in [6.07, 6.45) is 1.57. The Morgan fingerprint density at radius 3 is 2.62 bits per heavy atom. The number of aromatic amines is 1. The number of fused-ring (bicyclic) bond motifs is 2. The van der Waals surface area contributed by atoms with Crippen molar-refractivity contribution in [3.05, 3.63) is 63.8 Å². The van der Waals surface area contributed by atoms with E-state index >= 15 is 0 Å². The smallest absolute Gasteiger partial charge is 0.270 e. The fraction of sp³-hybridized carbons (Fsp3) is 0.286. The fourth-order valence-electron chi connectivity index (χ4n) is 3.52. The number of nitro benzene ring substituents is 1. The van der Waals surface area contributed by atoms with Gasteiger partial charge in [0.2, 0.25) is 0 Å². The van der Waals surface area contributed by atoms with Crippen molar-refractivity contribution in [2.24, 2.45) is 5.92 Å². The minimum atomic E-state index is -0.472. The lowest BCUT2D eigenvalue weighted by Crippen LogP contribution is -2.31. The van der Waals surface area contributed by atoms with Crippen LogP contribution in [0.1, 0.15) is 35.8 Å². The van der Waals surface area contributed by atoms with Gasteiger partial charge in [0.1, 0.15) is 13.2 Å². The van der Waals surface area contributed by atoms with Crippen molar-refractivity contribution in [1.82, 2.24) is 10.3 Å². The van der Waals surface area contributed by atoms with Crippen molar-refractivity contribution < 1.29 is 19.2 Å². The van der Waals surface area contributed by atoms with Gasteiger partial charge >= 0.3 is 0 Å². The second-order valence-electron chi connectivity index (χ2n) is 7.29. The minimum absolute atomic E-state index is 0.0570. The van der Waals surface area contributed by atoms with E-state index < -0.39 is 4.92 Å². The Morgan fingerprint density at radius 2 is 1.90 bits per heavy atom. The summed E-state index contributed by atoms with van der Waals surface area (Å²) in [6.45, 7) is 5.04. The highest BCUT2D eigenvalue weighted by molar-refractivity contribution is 6.07. The first-order chi connectivity index (χ1) is 13.9. The number of carbonyl (C=O) groups is 1. The van der Waals surface area contributed by atoms with E-state index in [1.807, 2.05) is 32.0 Å². The molecule has 0 saturated heterocycles. The number of H-pyrrole nitrogens is 1. The maximum Gasteiger partial charge on any atom is 0.270 e. The van der Waals surface area contributed by atoms with E-state index in [1.165, 1.54) is 12.1 Å². The maximum atomic E-state index is 13.0. The van der Waals surface area contributed by atoms with Gasteiger partial charge in [-0.05, 0) is 29.7 Å².